The molecule has 10 heteroatoms. The van der Waals surface area contributed by atoms with Crippen LogP contribution >= 0.6 is 11.8 Å². The van der Waals surface area contributed by atoms with Crippen LogP contribution in [-0.4, -0.2) is 46.5 Å². The Labute approximate surface area is 175 Å². The van der Waals surface area contributed by atoms with Crippen molar-refractivity contribution in [1.82, 2.24) is 4.98 Å². The second kappa shape index (κ2) is 8.45. The molecule has 1 aromatic heterocycles. The van der Waals surface area contributed by atoms with Gasteiger partial charge in [-0.15, -0.1) is 0 Å². The van der Waals surface area contributed by atoms with Gasteiger partial charge >= 0.3 is 6.18 Å². The number of pyridine rings is 1. The van der Waals surface area contributed by atoms with Crippen molar-refractivity contribution in [3.05, 3.63) is 59.4 Å². The third-order valence-electron chi connectivity index (χ3n) is 5.07. The predicted molar refractivity (Wildman–Crippen MR) is 102 cm³/mol. The number of alkyl halides is 3. The van der Waals surface area contributed by atoms with E-state index in [0.29, 0.717) is 4.90 Å². The molecule has 6 unspecified atom stereocenters. The number of aryl methyl sites for hydroxylation is 1. The molecule has 0 radical (unpaired) electrons. The van der Waals surface area contributed by atoms with Gasteiger partial charge in [0.2, 0.25) is 0 Å². The average Bonchev–Trinajstić information content (AvgIpc) is 2.71. The molecular weight excluding hydrogens is 421 g/mol. The fourth-order valence-corrected chi connectivity index (χ4v) is 4.70. The Morgan fingerprint density at radius 3 is 2.60 bits per heavy atom. The van der Waals surface area contributed by atoms with E-state index in [2.05, 4.69) is 4.98 Å². The molecule has 2 aliphatic rings. The Hall–Kier alpha value is -1.69. The van der Waals surface area contributed by atoms with Gasteiger partial charge in [0.15, 0.2) is 6.29 Å². The van der Waals surface area contributed by atoms with Gasteiger partial charge in [-0.2, -0.15) is 13.2 Å². The summed E-state index contributed by atoms with van der Waals surface area (Å²) in [6, 6.07) is 9.98. The maximum Gasteiger partial charge on any atom is 0.433 e. The summed E-state index contributed by atoms with van der Waals surface area (Å²) in [6.07, 6.45) is -6.19. The van der Waals surface area contributed by atoms with Crippen molar-refractivity contribution in [3.63, 3.8) is 0 Å². The Kier molecular flexibility index (Phi) is 6.06. The maximum absolute atomic E-state index is 12.9. The molecule has 1 aromatic carbocycles. The van der Waals surface area contributed by atoms with Crippen LogP contribution in [0.3, 0.4) is 0 Å². The number of hydrogen-bond donors (Lipinski definition) is 2. The minimum atomic E-state index is -4.52. The summed E-state index contributed by atoms with van der Waals surface area (Å²) < 4.78 is 56.4. The summed E-state index contributed by atoms with van der Waals surface area (Å²) in [5.74, 6) is 0. The molecule has 2 saturated heterocycles. The SMILES string of the molecule is Cc1cc(SC2OC3COC(c4ccccc4)OC3C(N)C2O)cnc1C(F)(F)F. The average molecular weight is 442 g/mol. The summed E-state index contributed by atoms with van der Waals surface area (Å²) >= 11 is 1.07. The highest BCUT2D eigenvalue weighted by atomic mass is 32.2. The number of thioether (sulfide) groups is 1. The molecule has 4 rings (SSSR count). The quantitative estimate of drug-likeness (QED) is 0.756. The molecule has 0 spiro atoms. The highest BCUT2D eigenvalue weighted by Crippen LogP contribution is 2.39. The number of aliphatic hydroxyl groups is 1. The number of fused-ring (bicyclic) bond motifs is 1. The van der Waals surface area contributed by atoms with Crippen LogP contribution in [-0.2, 0) is 20.4 Å². The van der Waals surface area contributed by atoms with Crippen LogP contribution in [0.1, 0.15) is 23.1 Å². The van der Waals surface area contributed by atoms with Crippen molar-refractivity contribution in [2.45, 2.75) is 54.1 Å². The largest absolute Gasteiger partial charge is 0.433 e. The summed E-state index contributed by atoms with van der Waals surface area (Å²) in [6.45, 7) is 1.55. The first-order chi connectivity index (χ1) is 14.2. The van der Waals surface area contributed by atoms with E-state index in [1.807, 2.05) is 30.3 Å². The van der Waals surface area contributed by atoms with E-state index in [0.717, 1.165) is 23.5 Å². The highest BCUT2D eigenvalue weighted by Gasteiger charge is 2.48. The number of benzene rings is 1. The first-order valence-electron chi connectivity index (χ1n) is 9.35. The van der Waals surface area contributed by atoms with Gasteiger partial charge < -0.3 is 25.1 Å². The van der Waals surface area contributed by atoms with Gasteiger partial charge in [0, 0.05) is 16.7 Å². The first kappa shape index (κ1) is 21.5. The van der Waals surface area contributed by atoms with Crippen molar-refractivity contribution >= 4 is 11.8 Å². The van der Waals surface area contributed by atoms with Crippen molar-refractivity contribution < 1.29 is 32.5 Å². The zero-order valence-corrected chi connectivity index (χ0v) is 16.8. The van der Waals surface area contributed by atoms with E-state index < -0.39 is 47.9 Å². The van der Waals surface area contributed by atoms with Crippen LogP contribution in [0.2, 0.25) is 0 Å². The number of halogens is 3. The van der Waals surface area contributed by atoms with Gasteiger partial charge in [-0.3, -0.25) is 4.98 Å². The normalized spacial score (nSPS) is 31.9. The third-order valence-corrected chi connectivity index (χ3v) is 6.18. The fraction of sp³-hybridized carbons (Fsp3) is 0.450. The monoisotopic (exact) mass is 442 g/mol. The van der Waals surface area contributed by atoms with Gasteiger partial charge in [-0.25, -0.2) is 0 Å². The maximum atomic E-state index is 12.9. The lowest BCUT2D eigenvalue weighted by Crippen LogP contribution is -2.64. The number of rotatable bonds is 3. The van der Waals surface area contributed by atoms with E-state index in [-0.39, 0.29) is 12.2 Å². The van der Waals surface area contributed by atoms with E-state index in [4.69, 9.17) is 19.9 Å². The Bertz CT molecular complexity index is 884. The van der Waals surface area contributed by atoms with Gasteiger partial charge in [0.1, 0.15) is 29.4 Å². The molecule has 3 N–H and O–H groups in total. The second-order valence-corrected chi connectivity index (χ2v) is 8.41. The van der Waals surface area contributed by atoms with E-state index in [1.165, 1.54) is 13.0 Å². The standard InChI is InChI=1S/C20H21F3N2O4S/c1-10-7-12(8-25-17(10)20(21,22)23)30-19-15(26)14(24)16-13(28-19)9-27-18(29-16)11-5-3-2-4-6-11/h2-8,13-16,18-19,26H,9,24H2,1H3. The topological polar surface area (TPSA) is 86.8 Å². The summed E-state index contributed by atoms with van der Waals surface area (Å²) in [5.41, 5.74) is 5.34. The van der Waals surface area contributed by atoms with E-state index in [9.17, 15) is 18.3 Å². The van der Waals surface area contributed by atoms with E-state index >= 15 is 0 Å². The van der Waals surface area contributed by atoms with Gasteiger partial charge in [-0.05, 0) is 18.6 Å². The highest BCUT2D eigenvalue weighted by molar-refractivity contribution is 7.99. The Balaban J connectivity index is 1.45. The molecule has 162 valence electrons. The second-order valence-electron chi connectivity index (χ2n) is 7.24. The summed E-state index contributed by atoms with van der Waals surface area (Å²) in [7, 11) is 0. The number of aromatic nitrogens is 1. The zero-order chi connectivity index (χ0) is 21.5. The number of nitrogens with two attached hydrogens (primary N) is 1. The number of ether oxygens (including phenoxy) is 3. The van der Waals surface area contributed by atoms with Crippen molar-refractivity contribution in [2.24, 2.45) is 5.73 Å². The molecule has 2 aliphatic heterocycles. The minimum Gasteiger partial charge on any atom is -0.388 e. The van der Waals surface area contributed by atoms with Crippen LogP contribution in [0.25, 0.3) is 0 Å². The van der Waals surface area contributed by atoms with Crippen LogP contribution in [0.5, 0.6) is 0 Å². The Morgan fingerprint density at radius 2 is 1.93 bits per heavy atom. The van der Waals surface area contributed by atoms with Crippen LogP contribution in [0.4, 0.5) is 13.2 Å². The molecule has 0 aliphatic carbocycles. The summed E-state index contributed by atoms with van der Waals surface area (Å²) in [5, 5.41) is 10.7. The lowest BCUT2D eigenvalue weighted by molar-refractivity contribution is -0.297. The zero-order valence-electron chi connectivity index (χ0n) is 16.0. The lowest BCUT2D eigenvalue weighted by Gasteiger charge is -2.47. The van der Waals surface area contributed by atoms with Crippen molar-refractivity contribution in [2.75, 3.05) is 6.61 Å². The van der Waals surface area contributed by atoms with Crippen LogP contribution < -0.4 is 5.73 Å². The molecule has 6 atom stereocenters. The number of nitrogens with zero attached hydrogens (tertiary/aromatic N) is 1. The van der Waals surface area contributed by atoms with Crippen LogP contribution in [0.15, 0.2) is 47.5 Å². The van der Waals surface area contributed by atoms with Gasteiger partial charge in [0.25, 0.3) is 0 Å². The molecule has 30 heavy (non-hydrogen) atoms. The van der Waals surface area contributed by atoms with Crippen LogP contribution in [0, 0.1) is 6.92 Å². The molecular formula is C20H21F3N2O4S. The van der Waals surface area contributed by atoms with Crippen molar-refractivity contribution in [1.29, 1.82) is 0 Å². The molecule has 3 heterocycles. The molecule has 2 fully saturated rings. The first-order valence-corrected chi connectivity index (χ1v) is 10.2. The third kappa shape index (κ3) is 4.34. The van der Waals surface area contributed by atoms with Gasteiger partial charge in [-0.1, -0.05) is 42.1 Å². The number of aliphatic hydroxyl groups excluding tert-OH is 1. The molecule has 0 bridgehead atoms. The summed E-state index contributed by atoms with van der Waals surface area (Å²) in [4.78, 5) is 3.96. The fourth-order valence-electron chi connectivity index (χ4n) is 3.56. The van der Waals surface area contributed by atoms with Gasteiger partial charge in [0.05, 0.1) is 12.6 Å². The lowest BCUT2D eigenvalue weighted by atomic mass is 9.97. The minimum absolute atomic E-state index is 0.00462. The number of hydrogen-bond acceptors (Lipinski definition) is 7. The smallest absolute Gasteiger partial charge is 0.388 e. The molecule has 0 saturated carbocycles. The Morgan fingerprint density at radius 1 is 1.20 bits per heavy atom. The molecule has 0 amide bonds. The molecule has 6 nitrogen and oxygen atoms in total. The van der Waals surface area contributed by atoms with Crippen molar-refractivity contribution in [3.8, 4) is 0 Å². The van der Waals surface area contributed by atoms with E-state index in [1.54, 1.807) is 0 Å². The molecule has 2 aromatic rings. The predicted octanol–water partition coefficient (Wildman–Crippen LogP) is 3.03.